The molecule has 0 aliphatic heterocycles. The number of halogens is 1. The first-order valence-electron chi connectivity index (χ1n) is 6.08. The van der Waals surface area contributed by atoms with Gasteiger partial charge in [-0.2, -0.15) is 0 Å². The van der Waals surface area contributed by atoms with Crippen molar-refractivity contribution in [2.45, 2.75) is 26.4 Å². The molecule has 0 fully saturated rings. The normalized spacial score (nSPS) is 10.9. The van der Waals surface area contributed by atoms with Crippen LogP contribution in [0.1, 0.15) is 19.4 Å². The number of benzene rings is 1. The molecule has 0 bridgehead atoms. The van der Waals surface area contributed by atoms with Gasteiger partial charge in [-0.25, -0.2) is 0 Å². The van der Waals surface area contributed by atoms with E-state index in [-0.39, 0.29) is 0 Å². The third kappa shape index (κ3) is 3.56. The Balaban J connectivity index is 2.18. The lowest BCUT2D eigenvalue weighted by Gasteiger charge is -2.09. The fourth-order valence-electron chi connectivity index (χ4n) is 1.71. The fraction of sp³-hybridized carbons (Fsp3) is 0.267. The average Bonchev–Trinajstić information content (AvgIpc) is 2.37. The molecule has 0 radical (unpaired) electrons. The summed E-state index contributed by atoms with van der Waals surface area (Å²) in [5.41, 5.74) is 3.45. The molecule has 0 amide bonds. The third-order valence-corrected chi connectivity index (χ3v) is 2.94. The van der Waals surface area contributed by atoms with E-state index in [0.717, 1.165) is 22.7 Å². The maximum Gasteiger partial charge on any atom is 0.0406 e. The molecule has 18 heavy (non-hydrogen) atoms. The van der Waals surface area contributed by atoms with Gasteiger partial charge in [-0.1, -0.05) is 37.6 Å². The summed E-state index contributed by atoms with van der Waals surface area (Å²) >= 11 is 5.89. The van der Waals surface area contributed by atoms with Crippen molar-refractivity contribution in [1.29, 1.82) is 0 Å². The highest BCUT2D eigenvalue weighted by molar-refractivity contribution is 6.30. The number of aromatic nitrogens is 1. The second-order valence-electron chi connectivity index (χ2n) is 4.62. The van der Waals surface area contributed by atoms with Gasteiger partial charge in [0.05, 0.1) is 0 Å². The molecular formula is C15H17ClN2. The minimum absolute atomic E-state index is 0.476. The van der Waals surface area contributed by atoms with Crippen molar-refractivity contribution in [3.63, 3.8) is 0 Å². The van der Waals surface area contributed by atoms with E-state index in [1.54, 1.807) is 0 Å². The van der Waals surface area contributed by atoms with Gasteiger partial charge in [0, 0.05) is 35.6 Å². The molecule has 1 aromatic heterocycles. The largest absolute Gasteiger partial charge is 0.310 e. The van der Waals surface area contributed by atoms with Crippen LogP contribution in [0.4, 0.5) is 0 Å². The van der Waals surface area contributed by atoms with E-state index in [1.165, 1.54) is 5.56 Å². The van der Waals surface area contributed by atoms with Crippen molar-refractivity contribution in [2.24, 2.45) is 0 Å². The van der Waals surface area contributed by atoms with Gasteiger partial charge in [0.15, 0.2) is 0 Å². The van der Waals surface area contributed by atoms with Crippen LogP contribution in [-0.2, 0) is 6.54 Å². The Morgan fingerprint density at radius 1 is 1.11 bits per heavy atom. The van der Waals surface area contributed by atoms with Crippen LogP contribution in [0, 0.1) is 0 Å². The van der Waals surface area contributed by atoms with Gasteiger partial charge in [0.2, 0.25) is 0 Å². The summed E-state index contributed by atoms with van der Waals surface area (Å²) in [5, 5.41) is 4.14. The topological polar surface area (TPSA) is 24.9 Å². The Morgan fingerprint density at radius 2 is 1.83 bits per heavy atom. The molecule has 2 rings (SSSR count). The number of rotatable bonds is 4. The minimum Gasteiger partial charge on any atom is -0.310 e. The third-order valence-electron chi connectivity index (χ3n) is 2.69. The predicted molar refractivity (Wildman–Crippen MR) is 76.7 cm³/mol. The van der Waals surface area contributed by atoms with Crippen molar-refractivity contribution < 1.29 is 0 Å². The molecular weight excluding hydrogens is 244 g/mol. The number of nitrogens with one attached hydrogen (secondary N) is 1. The quantitative estimate of drug-likeness (QED) is 0.902. The van der Waals surface area contributed by atoms with Crippen LogP contribution < -0.4 is 5.32 Å². The number of hydrogen-bond acceptors (Lipinski definition) is 2. The van der Waals surface area contributed by atoms with E-state index in [1.807, 2.05) is 36.7 Å². The van der Waals surface area contributed by atoms with E-state index in [2.05, 4.69) is 30.2 Å². The van der Waals surface area contributed by atoms with Crippen molar-refractivity contribution in [1.82, 2.24) is 10.3 Å². The van der Waals surface area contributed by atoms with Crippen molar-refractivity contribution in [3.8, 4) is 11.1 Å². The first kappa shape index (κ1) is 13.1. The SMILES string of the molecule is CC(C)NCc1cncc(-c2ccc(Cl)cc2)c1. The van der Waals surface area contributed by atoms with Crippen LogP contribution in [-0.4, -0.2) is 11.0 Å². The Bertz CT molecular complexity index is 506. The van der Waals surface area contributed by atoms with Gasteiger partial charge in [-0.05, 0) is 29.3 Å². The summed E-state index contributed by atoms with van der Waals surface area (Å²) in [6, 6.07) is 10.5. The van der Waals surface area contributed by atoms with Crippen LogP contribution in [0.15, 0.2) is 42.7 Å². The highest BCUT2D eigenvalue weighted by atomic mass is 35.5. The minimum atomic E-state index is 0.476. The van der Waals surface area contributed by atoms with E-state index < -0.39 is 0 Å². The molecule has 2 aromatic rings. The maximum atomic E-state index is 5.89. The fourth-order valence-corrected chi connectivity index (χ4v) is 1.83. The molecule has 1 aromatic carbocycles. The average molecular weight is 261 g/mol. The van der Waals surface area contributed by atoms with Crippen molar-refractivity contribution in [3.05, 3.63) is 53.3 Å². The molecule has 1 heterocycles. The lowest BCUT2D eigenvalue weighted by molar-refractivity contribution is 0.588. The number of nitrogens with zero attached hydrogens (tertiary/aromatic N) is 1. The first-order valence-corrected chi connectivity index (χ1v) is 6.46. The highest BCUT2D eigenvalue weighted by Gasteiger charge is 2.01. The maximum absolute atomic E-state index is 5.89. The van der Waals surface area contributed by atoms with Crippen LogP contribution >= 0.6 is 11.6 Å². The lowest BCUT2D eigenvalue weighted by Crippen LogP contribution is -2.21. The molecule has 0 aliphatic rings. The molecule has 0 saturated carbocycles. The zero-order chi connectivity index (χ0) is 13.0. The van der Waals surface area contributed by atoms with E-state index in [4.69, 9.17) is 11.6 Å². The molecule has 0 spiro atoms. The lowest BCUT2D eigenvalue weighted by atomic mass is 10.1. The molecule has 0 atom stereocenters. The second kappa shape index (κ2) is 5.98. The molecule has 0 saturated heterocycles. The summed E-state index contributed by atoms with van der Waals surface area (Å²) in [4.78, 5) is 4.29. The highest BCUT2D eigenvalue weighted by Crippen LogP contribution is 2.21. The van der Waals surface area contributed by atoms with E-state index >= 15 is 0 Å². The Kier molecular flexibility index (Phi) is 4.34. The number of pyridine rings is 1. The van der Waals surface area contributed by atoms with Gasteiger partial charge in [0.25, 0.3) is 0 Å². The Hall–Kier alpha value is -1.38. The second-order valence-corrected chi connectivity index (χ2v) is 5.06. The zero-order valence-corrected chi connectivity index (χ0v) is 11.4. The monoisotopic (exact) mass is 260 g/mol. The van der Waals surface area contributed by atoms with Crippen molar-refractivity contribution >= 4 is 11.6 Å². The molecule has 0 unspecified atom stereocenters. The van der Waals surface area contributed by atoms with Gasteiger partial charge < -0.3 is 5.32 Å². The molecule has 3 heteroatoms. The van der Waals surface area contributed by atoms with Crippen molar-refractivity contribution in [2.75, 3.05) is 0 Å². The summed E-state index contributed by atoms with van der Waals surface area (Å²) in [7, 11) is 0. The van der Waals surface area contributed by atoms with E-state index in [0.29, 0.717) is 6.04 Å². The Morgan fingerprint density at radius 3 is 2.50 bits per heavy atom. The van der Waals surface area contributed by atoms with Gasteiger partial charge in [-0.15, -0.1) is 0 Å². The summed E-state index contributed by atoms with van der Waals surface area (Å²) in [6.45, 7) is 5.11. The van der Waals surface area contributed by atoms with Gasteiger partial charge >= 0.3 is 0 Å². The molecule has 1 N–H and O–H groups in total. The zero-order valence-electron chi connectivity index (χ0n) is 10.7. The molecule has 0 aliphatic carbocycles. The standard InChI is InChI=1S/C15H17ClN2/c1-11(2)18-9-12-7-14(10-17-8-12)13-3-5-15(16)6-4-13/h3-8,10-11,18H,9H2,1-2H3. The van der Waals surface area contributed by atoms with Crippen LogP contribution in [0.5, 0.6) is 0 Å². The van der Waals surface area contributed by atoms with Gasteiger partial charge in [-0.3, -0.25) is 4.98 Å². The van der Waals surface area contributed by atoms with Crippen LogP contribution in [0.3, 0.4) is 0 Å². The smallest absolute Gasteiger partial charge is 0.0406 e. The molecule has 2 nitrogen and oxygen atoms in total. The summed E-state index contributed by atoms with van der Waals surface area (Å²) in [6.07, 6.45) is 3.77. The van der Waals surface area contributed by atoms with Crippen LogP contribution in [0.2, 0.25) is 5.02 Å². The van der Waals surface area contributed by atoms with Gasteiger partial charge in [0.1, 0.15) is 0 Å². The summed E-state index contributed by atoms with van der Waals surface area (Å²) < 4.78 is 0. The summed E-state index contributed by atoms with van der Waals surface area (Å²) in [5.74, 6) is 0. The van der Waals surface area contributed by atoms with E-state index in [9.17, 15) is 0 Å². The van der Waals surface area contributed by atoms with Crippen LogP contribution in [0.25, 0.3) is 11.1 Å². The number of hydrogen-bond donors (Lipinski definition) is 1. The Labute approximate surface area is 113 Å². The predicted octanol–water partition coefficient (Wildman–Crippen LogP) is 3.90. The molecule has 94 valence electrons. The first-order chi connectivity index (χ1) is 8.65.